The van der Waals surface area contributed by atoms with Crippen LogP contribution in [0.5, 0.6) is 0 Å². The van der Waals surface area contributed by atoms with Crippen LogP contribution in [-0.2, 0) is 19.5 Å². The first-order chi connectivity index (χ1) is 4.24. The number of hydrogen-bond acceptors (Lipinski definition) is 0. The molecule has 0 atom stereocenters. The van der Waals surface area contributed by atoms with Gasteiger partial charge >= 0.3 is 19.5 Å². The van der Waals surface area contributed by atoms with Gasteiger partial charge in [0.2, 0.25) is 0 Å². The molecule has 0 aliphatic heterocycles. The monoisotopic (exact) mass is 243 g/mol. The van der Waals surface area contributed by atoms with E-state index >= 15 is 0 Å². The standard InChI is InChI=1S/3C2H4N.CH3.Ru/c3*1-2-3;;/h3*2H,1H3;1H3;/q4*-1;+4. The SMILES string of the molecule is CC=[N-].CC=[N-].CC=[N-].[CH3-].[Ru+4]. The Labute approximate surface area is 82.9 Å². The van der Waals surface area contributed by atoms with Crippen molar-refractivity contribution in [3.63, 3.8) is 0 Å². The van der Waals surface area contributed by atoms with Crippen LogP contribution in [0.3, 0.4) is 0 Å². The maximum absolute atomic E-state index is 7.44. The Balaban J connectivity index is -0.0000000150. The maximum atomic E-state index is 7.44. The zero-order valence-electron chi connectivity index (χ0n) is 7.43. The van der Waals surface area contributed by atoms with Crippen molar-refractivity contribution in [2.75, 3.05) is 0 Å². The first-order valence-electron chi connectivity index (χ1n) is 2.51. The summed E-state index contributed by atoms with van der Waals surface area (Å²) in [4.78, 5) is 0. The zero-order chi connectivity index (χ0) is 8.12. The van der Waals surface area contributed by atoms with E-state index in [1.54, 1.807) is 20.8 Å². The Hall–Kier alpha value is -0.367. The molecular weight excluding hydrogens is 227 g/mol. The normalized spacial score (nSPS) is 3.55. The predicted octanol–water partition coefficient (Wildman–Crippen LogP) is 2.39. The summed E-state index contributed by atoms with van der Waals surface area (Å²) in [5, 5.41) is 22.3. The Morgan fingerprint density at radius 3 is 0.727 bits per heavy atom. The van der Waals surface area contributed by atoms with Gasteiger partial charge in [-0.1, -0.05) is 20.8 Å². The zero-order valence-corrected chi connectivity index (χ0v) is 9.17. The molecule has 0 N–H and O–H groups in total. The molecule has 4 heteroatoms. The van der Waals surface area contributed by atoms with Crippen LogP contribution in [-0.4, -0.2) is 18.6 Å². The fourth-order valence-electron chi connectivity index (χ4n) is 0. The van der Waals surface area contributed by atoms with Crippen molar-refractivity contribution >= 4 is 18.6 Å². The average molecular weight is 242 g/mol. The summed E-state index contributed by atoms with van der Waals surface area (Å²) in [7, 11) is 0. The van der Waals surface area contributed by atoms with Crippen LogP contribution in [0.25, 0.3) is 16.2 Å². The van der Waals surface area contributed by atoms with Crippen LogP contribution in [0, 0.1) is 7.43 Å². The third-order valence-corrected chi connectivity index (χ3v) is 0. The van der Waals surface area contributed by atoms with Crippen LogP contribution >= 0.6 is 0 Å². The van der Waals surface area contributed by atoms with Gasteiger partial charge in [0.05, 0.1) is 0 Å². The van der Waals surface area contributed by atoms with E-state index in [0.29, 0.717) is 0 Å². The van der Waals surface area contributed by atoms with Crippen molar-refractivity contribution in [1.82, 2.24) is 0 Å². The van der Waals surface area contributed by atoms with Gasteiger partial charge in [-0.2, -0.15) is 0 Å². The van der Waals surface area contributed by atoms with Crippen LogP contribution in [0.15, 0.2) is 0 Å². The second-order valence-corrected chi connectivity index (χ2v) is 0.775. The van der Waals surface area contributed by atoms with Gasteiger partial charge in [0.25, 0.3) is 0 Å². The average Bonchev–Trinajstić information content (AvgIpc) is 1.70. The van der Waals surface area contributed by atoms with Gasteiger partial charge in [0, 0.05) is 0 Å². The van der Waals surface area contributed by atoms with Crippen LogP contribution < -0.4 is 0 Å². The first kappa shape index (κ1) is 31.1. The molecule has 0 saturated heterocycles. The smallest absolute Gasteiger partial charge is 0.814 e. The minimum absolute atomic E-state index is 0. The van der Waals surface area contributed by atoms with E-state index in [9.17, 15) is 0 Å². The summed E-state index contributed by atoms with van der Waals surface area (Å²) in [6.45, 7) is 4.67. The largest absolute Gasteiger partial charge is 4.00 e. The van der Waals surface area contributed by atoms with Gasteiger partial charge in [0.15, 0.2) is 0 Å². The Morgan fingerprint density at radius 2 is 0.727 bits per heavy atom. The van der Waals surface area contributed by atoms with E-state index < -0.39 is 0 Å². The van der Waals surface area contributed by atoms with Crippen molar-refractivity contribution in [3.05, 3.63) is 23.7 Å². The van der Waals surface area contributed by atoms with E-state index in [2.05, 4.69) is 0 Å². The topological polar surface area (TPSA) is 66.9 Å². The first-order valence-corrected chi connectivity index (χ1v) is 2.51. The van der Waals surface area contributed by atoms with Gasteiger partial charge < -0.3 is 23.7 Å². The third kappa shape index (κ3) is 4180. The molecule has 0 rings (SSSR count). The minimum atomic E-state index is 0. The van der Waals surface area contributed by atoms with Crippen LogP contribution in [0.2, 0.25) is 0 Å². The molecule has 0 bridgehead atoms. The molecule has 0 aromatic carbocycles. The van der Waals surface area contributed by atoms with Gasteiger partial charge in [0.1, 0.15) is 0 Å². The van der Waals surface area contributed by atoms with Gasteiger partial charge in [-0.3, -0.25) is 0 Å². The summed E-state index contributed by atoms with van der Waals surface area (Å²) in [6.07, 6.45) is 3.00. The molecule has 0 heterocycles. The second kappa shape index (κ2) is 104. The molecule has 0 aliphatic carbocycles. The molecule has 11 heavy (non-hydrogen) atoms. The molecule has 0 aromatic heterocycles. The van der Waals surface area contributed by atoms with Gasteiger partial charge in [-0.05, 0) is 0 Å². The number of hydrogen-bond donors (Lipinski definition) is 0. The van der Waals surface area contributed by atoms with Gasteiger partial charge in [-0.25, -0.2) is 18.6 Å². The third-order valence-electron chi connectivity index (χ3n) is 0. The summed E-state index contributed by atoms with van der Waals surface area (Å²) in [5.74, 6) is 0. The Bertz CT molecular complexity index is 50.4. The van der Waals surface area contributed by atoms with Crippen molar-refractivity contribution in [2.45, 2.75) is 20.8 Å². The van der Waals surface area contributed by atoms with E-state index in [4.69, 9.17) is 16.2 Å². The molecule has 0 saturated carbocycles. The van der Waals surface area contributed by atoms with Crippen molar-refractivity contribution in [2.24, 2.45) is 0 Å². The van der Waals surface area contributed by atoms with E-state index in [-0.39, 0.29) is 26.9 Å². The van der Waals surface area contributed by atoms with Crippen LogP contribution in [0.1, 0.15) is 20.8 Å². The maximum Gasteiger partial charge on any atom is 4.00 e. The molecule has 3 nitrogen and oxygen atoms in total. The number of rotatable bonds is 0. The van der Waals surface area contributed by atoms with Crippen molar-refractivity contribution in [1.29, 1.82) is 0 Å². The predicted molar refractivity (Wildman–Crippen MR) is 51.7 cm³/mol. The number of nitrogens with zero attached hydrogens (tertiary/aromatic N) is 3. The molecule has 0 radical (unpaired) electrons. The molecule has 0 aromatic rings. The van der Waals surface area contributed by atoms with Gasteiger partial charge in [-0.15, -0.1) is 0 Å². The van der Waals surface area contributed by atoms with Crippen LogP contribution in [0.4, 0.5) is 0 Å². The summed E-state index contributed by atoms with van der Waals surface area (Å²) >= 11 is 0. The van der Waals surface area contributed by atoms with Crippen molar-refractivity contribution in [3.8, 4) is 0 Å². The summed E-state index contributed by atoms with van der Waals surface area (Å²) in [5.41, 5.74) is 0. The molecular formula is C7H15N3Ru. The second-order valence-electron chi connectivity index (χ2n) is 0.775. The van der Waals surface area contributed by atoms with E-state index in [1.165, 1.54) is 0 Å². The molecule has 66 valence electrons. The van der Waals surface area contributed by atoms with Crippen molar-refractivity contribution < 1.29 is 19.5 Å². The fraction of sp³-hybridized carbons (Fsp3) is 0.429. The Kier molecular flexibility index (Phi) is 293. The van der Waals surface area contributed by atoms with E-state index in [0.717, 1.165) is 18.6 Å². The molecule has 0 fully saturated rings. The fourth-order valence-corrected chi connectivity index (χ4v) is 0. The minimum Gasteiger partial charge on any atom is -0.814 e. The Morgan fingerprint density at radius 1 is 0.727 bits per heavy atom. The molecule has 0 unspecified atom stereocenters. The summed E-state index contributed by atoms with van der Waals surface area (Å²) in [6, 6.07) is 0. The van der Waals surface area contributed by atoms with E-state index in [1.807, 2.05) is 0 Å². The summed E-state index contributed by atoms with van der Waals surface area (Å²) < 4.78 is 0. The molecule has 0 amide bonds. The molecule has 0 spiro atoms. The molecule has 0 aliphatic rings. The quantitative estimate of drug-likeness (QED) is 0.355.